The molecule has 0 aliphatic carbocycles. The molecule has 2 heterocycles. The fourth-order valence-electron chi connectivity index (χ4n) is 3.17. The molecule has 0 radical (unpaired) electrons. The van der Waals surface area contributed by atoms with Gasteiger partial charge in [-0.3, -0.25) is 0 Å². The van der Waals surface area contributed by atoms with Crippen molar-refractivity contribution in [3.63, 3.8) is 0 Å². The first kappa shape index (κ1) is 21.5. The molecule has 0 bridgehead atoms. The van der Waals surface area contributed by atoms with E-state index in [0.29, 0.717) is 11.4 Å². The van der Waals surface area contributed by atoms with E-state index >= 15 is 0 Å². The Morgan fingerprint density at radius 1 is 1.12 bits per heavy atom. The zero-order chi connectivity index (χ0) is 22.9. The molecule has 164 valence electrons. The Balaban J connectivity index is 1.78. The molecule has 6 nitrogen and oxygen atoms in total. The predicted molar refractivity (Wildman–Crippen MR) is 109 cm³/mol. The summed E-state index contributed by atoms with van der Waals surface area (Å²) in [5.41, 5.74) is -0.570. The van der Waals surface area contributed by atoms with E-state index in [1.807, 2.05) is 0 Å². The summed E-state index contributed by atoms with van der Waals surface area (Å²) in [4.78, 5) is 13.9. The van der Waals surface area contributed by atoms with Crippen molar-refractivity contribution in [2.45, 2.75) is 12.8 Å². The third kappa shape index (κ3) is 4.19. The van der Waals surface area contributed by atoms with Gasteiger partial charge in [0.15, 0.2) is 5.76 Å². The quantitative estimate of drug-likeness (QED) is 0.352. The number of nitrogens with zero attached hydrogens (tertiary/aromatic N) is 1. The van der Waals surface area contributed by atoms with Crippen LogP contribution in [0.15, 0.2) is 65.3 Å². The van der Waals surface area contributed by atoms with Crippen LogP contribution in [0.5, 0.6) is 5.75 Å². The maximum atomic E-state index is 13.7. The summed E-state index contributed by atoms with van der Waals surface area (Å²) in [5.74, 6) is -0.583. The van der Waals surface area contributed by atoms with E-state index < -0.39 is 17.7 Å². The van der Waals surface area contributed by atoms with Crippen molar-refractivity contribution in [3.05, 3.63) is 82.5 Å². The van der Waals surface area contributed by atoms with Crippen molar-refractivity contribution in [1.29, 1.82) is 0 Å². The van der Waals surface area contributed by atoms with Gasteiger partial charge in [-0.2, -0.15) is 13.2 Å². The number of aromatic amines is 1. The van der Waals surface area contributed by atoms with Crippen molar-refractivity contribution in [2.24, 2.45) is 0 Å². The monoisotopic (exact) mass is 462 g/mol. The molecule has 0 fully saturated rings. The van der Waals surface area contributed by atoms with Crippen molar-refractivity contribution < 1.29 is 32.3 Å². The fourth-order valence-corrected chi connectivity index (χ4v) is 3.44. The molecule has 2 aromatic heterocycles. The zero-order valence-corrected chi connectivity index (χ0v) is 16.9. The minimum Gasteiger partial charge on any atom is -0.489 e. The lowest BCUT2D eigenvalue weighted by molar-refractivity contribution is -0.137. The summed E-state index contributed by atoms with van der Waals surface area (Å²) in [5, 5.41) is 12.8. The topological polar surface area (TPSA) is 88.3 Å². The summed E-state index contributed by atoms with van der Waals surface area (Å²) >= 11 is 6.15. The normalized spacial score (nSPS) is 11.5. The molecular weight excluding hydrogens is 449 g/mol. The van der Waals surface area contributed by atoms with Gasteiger partial charge in [-0.05, 0) is 48.5 Å². The zero-order valence-electron chi connectivity index (χ0n) is 16.1. The van der Waals surface area contributed by atoms with Crippen LogP contribution >= 0.6 is 11.6 Å². The highest BCUT2D eigenvalue weighted by Crippen LogP contribution is 2.43. The summed E-state index contributed by atoms with van der Waals surface area (Å²) in [6.07, 6.45) is -3.04. The number of hydrogen-bond donors (Lipinski definition) is 2. The van der Waals surface area contributed by atoms with Gasteiger partial charge in [0.2, 0.25) is 0 Å². The number of H-pyrrole nitrogens is 1. The molecule has 0 atom stereocenters. The first-order chi connectivity index (χ1) is 15.3. The molecule has 2 N–H and O–H groups in total. The highest BCUT2D eigenvalue weighted by molar-refractivity contribution is 6.33. The van der Waals surface area contributed by atoms with Gasteiger partial charge in [0.05, 0.1) is 27.4 Å². The molecule has 32 heavy (non-hydrogen) atoms. The van der Waals surface area contributed by atoms with Gasteiger partial charge in [-0.1, -0.05) is 22.8 Å². The molecule has 0 aliphatic rings. The number of nitrogens with one attached hydrogen (secondary N) is 1. The molecule has 10 heteroatoms. The van der Waals surface area contributed by atoms with Crippen LogP contribution in [0.25, 0.3) is 22.7 Å². The average Bonchev–Trinajstić information content (AvgIpc) is 3.41. The molecule has 0 unspecified atom stereocenters. The Morgan fingerprint density at radius 2 is 1.88 bits per heavy atom. The van der Waals surface area contributed by atoms with E-state index in [-0.39, 0.29) is 39.8 Å². The largest absolute Gasteiger partial charge is 0.489 e. The molecule has 2 aromatic carbocycles. The number of benzene rings is 2. The molecule has 0 aliphatic heterocycles. The van der Waals surface area contributed by atoms with Crippen LogP contribution < -0.4 is 4.74 Å². The van der Waals surface area contributed by atoms with Gasteiger partial charge < -0.3 is 19.4 Å². The first-order valence-electron chi connectivity index (χ1n) is 9.20. The molecular formula is C22H14ClF3N2O4. The molecule has 0 saturated carbocycles. The van der Waals surface area contributed by atoms with Gasteiger partial charge in [-0.25, -0.2) is 4.79 Å². The third-order valence-corrected chi connectivity index (χ3v) is 4.99. The Hall–Kier alpha value is -3.72. The van der Waals surface area contributed by atoms with E-state index in [9.17, 15) is 18.0 Å². The van der Waals surface area contributed by atoms with Crippen molar-refractivity contribution in [2.75, 3.05) is 0 Å². The SMILES string of the molecule is O=C(O)c1ccc(OCc2c(-c3c(Cl)cccc3C(F)(F)F)noc2-c2ccc[nH]2)cc1. The number of aromatic carboxylic acids is 1. The van der Waals surface area contributed by atoms with E-state index in [1.165, 1.54) is 36.4 Å². The predicted octanol–water partition coefficient (Wildman–Crippen LogP) is 6.29. The smallest absolute Gasteiger partial charge is 0.417 e. The first-order valence-corrected chi connectivity index (χ1v) is 9.58. The van der Waals surface area contributed by atoms with Crippen LogP contribution in [0.3, 0.4) is 0 Å². The van der Waals surface area contributed by atoms with Gasteiger partial charge in [0.1, 0.15) is 18.1 Å². The van der Waals surface area contributed by atoms with Gasteiger partial charge >= 0.3 is 12.1 Å². The second-order valence-corrected chi connectivity index (χ2v) is 7.11. The highest BCUT2D eigenvalue weighted by atomic mass is 35.5. The van der Waals surface area contributed by atoms with E-state index in [0.717, 1.165) is 6.07 Å². The second kappa shape index (κ2) is 8.43. The molecule has 0 amide bonds. The standard InChI is InChI=1S/C22H14ClF3N2O4/c23-16-4-1-3-15(22(24,25)26)18(16)19-14(20(32-28-19)17-5-2-10-27-17)11-31-13-8-6-12(7-9-13)21(29)30/h1-10,27H,11H2,(H,29,30). The number of alkyl halides is 3. The summed E-state index contributed by atoms with van der Waals surface area (Å²) in [7, 11) is 0. The molecule has 4 aromatic rings. The van der Waals surface area contributed by atoms with E-state index in [1.54, 1.807) is 18.3 Å². The van der Waals surface area contributed by atoms with Crippen LogP contribution in [-0.4, -0.2) is 21.2 Å². The maximum absolute atomic E-state index is 13.7. The van der Waals surface area contributed by atoms with Gasteiger partial charge in [0, 0.05) is 11.8 Å². The lowest BCUT2D eigenvalue weighted by Crippen LogP contribution is -2.09. The number of aromatic nitrogens is 2. The number of carboxylic acids is 1. The summed E-state index contributed by atoms with van der Waals surface area (Å²) < 4.78 is 52.1. The van der Waals surface area contributed by atoms with E-state index in [4.69, 9.17) is 26.0 Å². The minimum atomic E-state index is -4.67. The Morgan fingerprint density at radius 3 is 2.50 bits per heavy atom. The number of carbonyl (C=O) groups is 1. The minimum absolute atomic E-state index is 0.0703. The highest BCUT2D eigenvalue weighted by Gasteiger charge is 2.37. The third-order valence-electron chi connectivity index (χ3n) is 4.67. The van der Waals surface area contributed by atoms with Crippen molar-refractivity contribution in [1.82, 2.24) is 10.1 Å². The number of carboxylic acid groups (broad SMARTS) is 1. The molecule has 0 saturated heterocycles. The van der Waals surface area contributed by atoms with Crippen LogP contribution in [0.1, 0.15) is 21.5 Å². The fraction of sp³-hybridized carbons (Fsp3) is 0.0909. The van der Waals surface area contributed by atoms with E-state index in [2.05, 4.69) is 10.1 Å². The maximum Gasteiger partial charge on any atom is 0.417 e. The molecule has 4 rings (SSSR count). The summed E-state index contributed by atoms with van der Waals surface area (Å²) in [6, 6.07) is 12.4. The van der Waals surface area contributed by atoms with Gasteiger partial charge in [-0.15, -0.1) is 0 Å². The van der Waals surface area contributed by atoms with Crippen LogP contribution in [0.2, 0.25) is 5.02 Å². The lowest BCUT2D eigenvalue weighted by Gasteiger charge is -2.14. The number of ether oxygens (including phenoxy) is 1. The number of halogens is 4. The van der Waals surface area contributed by atoms with Crippen molar-refractivity contribution >= 4 is 17.6 Å². The second-order valence-electron chi connectivity index (χ2n) is 6.70. The Bertz CT molecular complexity index is 1250. The average molecular weight is 463 g/mol. The Labute approximate surface area is 184 Å². The van der Waals surface area contributed by atoms with Gasteiger partial charge in [0.25, 0.3) is 0 Å². The summed E-state index contributed by atoms with van der Waals surface area (Å²) in [6.45, 7) is -0.206. The number of rotatable bonds is 6. The lowest BCUT2D eigenvalue weighted by atomic mass is 9.99. The molecule has 0 spiro atoms. The Kier molecular flexibility index (Phi) is 5.67. The van der Waals surface area contributed by atoms with Crippen LogP contribution in [0, 0.1) is 0 Å². The van der Waals surface area contributed by atoms with Crippen LogP contribution in [0.4, 0.5) is 13.2 Å². The van der Waals surface area contributed by atoms with Crippen LogP contribution in [-0.2, 0) is 12.8 Å². The number of hydrogen-bond acceptors (Lipinski definition) is 4. The van der Waals surface area contributed by atoms with Crippen molar-refractivity contribution in [3.8, 4) is 28.5 Å².